The number of halogens is 1. The third-order valence-electron chi connectivity index (χ3n) is 3.46. The molecule has 1 N–H and O–H groups in total. The zero-order chi connectivity index (χ0) is 15.1. The maximum atomic E-state index is 5.93. The topological polar surface area (TPSA) is 21.3 Å². The summed E-state index contributed by atoms with van der Waals surface area (Å²) in [7, 11) is 1.99. The van der Waals surface area contributed by atoms with Crippen molar-refractivity contribution in [3.63, 3.8) is 0 Å². The van der Waals surface area contributed by atoms with Crippen molar-refractivity contribution in [2.24, 2.45) is 0 Å². The summed E-state index contributed by atoms with van der Waals surface area (Å²) in [5.74, 6) is 0.932. The minimum atomic E-state index is 0.284. The molecular weight excluding hydrogens is 282 g/mol. The second-order valence-electron chi connectivity index (χ2n) is 5.09. The van der Waals surface area contributed by atoms with E-state index in [4.69, 9.17) is 16.3 Å². The number of nitrogens with one attached hydrogen (secondary N) is 1. The fourth-order valence-corrected chi connectivity index (χ4v) is 2.39. The van der Waals surface area contributed by atoms with E-state index >= 15 is 0 Å². The number of hydrogen-bond donors (Lipinski definition) is 1. The van der Waals surface area contributed by atoms with Gasteiger partial charge in [-0.15, -0.1) is 0 Å². The molecule has 3 heteroatoms. The van der Waals surface area contributed by atoms with Crippen LogP contribution in [0.15, 0.2) is 48.5 Å². The number of hydrogen-bond acceptors (Lipinski definition) is 2. The van der Waals surface area contributed by atoms with Crippen LogP contribution < -0.4 is 10.1 Å². The standard InChI is InChI=1S/C18H22ClNO/c1-3-12-21-17-10-6-15(7-11-17)18(20-2)13-14-4-8-16(19)9-5-14/h4-11,18,20H,3,12-13H2,1-2H3. The van der Waals surface area contributed by atoms with E-state index in [1.54, 1.807) is 0 Å². The molecule has 2 rings (SSSR count). The van der Waals surface area contributed by atoms with Crippen molar-refractivity contribution in [1.82, 2.24) is 5.32 Å². The van der Waals surface area contributed by atoms with Gasteiger partial charge in [-0.1, -0.05) is 42.8 Å². The van der Waals surface area contributed by atoms with E-state index in [2.05, 4.69) is 36.5 Å². The molecule has 0 aliphatic carbocycles. The lowest BCUT2D eigenvalue weighted by Gasteiger charge is -2.17. The van der Waals surface area contributed by atoms with Gasteiger partial charge in [0.15, 0.2) is 0 Å². The van der Waals surface area contributed by atoms with Crippen LogP contribution in [0.1, 0.15) is 30.5 Å². The van der Waals surface area contributed by atoms with E-state index < -0.39 is 0 Å². The van der Waals surface area contributed by atoms with Gasteiger partial charge in [-0.25, -0.2) is 0 Å². The molecular formula is C18H22ClNO. The van der Waals surface area contributed by atoms with Crippen LogP contribution in [0.4, 0.5) is 0 Å². The smallest absolute Gasteiger partial charge is 0.119 e. The van der Waals surface area contributed by atoms with Crippen molar-refractivity contribution in [3.8, 4) is 5.75 Å². The molecule has 2 aromatic carbocycles. The van der Waals surface area contributed by atoms with Crippen LogP contribution in [0, 0.1) is 0 Å². The lowest BCUT2D eigenvalue weighted by atomic mass is 9.99. The van der Waals surface area contributed by atoms with E-state index in [0.29, 0.717) is 0 Å². The first kappa shape index (κ1) is 15.9. The minimum absolute atomic E-state index is 0.284. The van der Waals surface area contributed by atoms with Crippen molar-refractivity contribution >= 4 is 11.6 Å². The Kier molecular flexibility index (Phi) is 6.09. The van der Waals surface area contributed by atoms with Gasteiger partial charge in [0.1, 0.15) is 5.75 Å². The molecule has 0 bridgehead atoms. The Balaban J connectivity index is 2.04. The lowest BCUT2D eigenvalue weighted by molar-refractivity contribution is 0.317. The molecule has 0 aliphatic heterocycles. The maximum Gasteiger partial charge on any atom is 0.119 e. The molecule has 0 saturated carbocycles. The largest absolute Gasteiger partial charge is 0.494 e. The molecule has 0 aliphatic rings. The summed E-state index contributed by atoms with van der Waals surface area (Å²) in [4.78, 5) is 0. The van der Waals surface area contributed by atoms with Crippen molar-refractivity contribution < 1.29 is 4.74 Å². The number of rotatable bonds is 7. The number of ether oxygens (including phenoxy) is 1. The highest BCUT2D eigenvalue weighted by Gasteiger charge is 2.10. The van der Waals surface area contributed by atoms with Crippen molar-refractivity contribution in [2.75, 3.05) is 13.7 Å². The van der Waals surface area contributed by atoms with Gasteiger partial charge in [0.2, 0.25) is 0 Å². The van der Waals surface area contributed by atoms with E-state index in [-0.39, 0.29) is 6.04 Å². The van der Waals surface area contributed by atoms with E-state index in [9.17, 15) is 0 Å². The second kappa shape index (κ2) is 8.06. The highest BCUT2D eigenvalue weighted by molar-refractivity contribution is 6.30. The molecule has 2 nitrogen and oxygen atoms in total. The highest BCUT2D eigenvalue weighted by Crippen LogP contribution is 2.22. The van der Waals surface area contributed by atoms with E-state index in [1.807, 2.05) is 31.3 Å². The molecule has 0 aromatic heterocycles. The fourth-order valence-electron chi connectivity index (χ4n) is 2.26. The van der Waals surface area contributed by atoms with Gasteiger partial charge in [-0.2, -0.15) is 0 Å². The average Bonchev–Trinajstić information content (AvgIpc) is 2.53. The summed E-state index contributed by atoms with van der Waals surface area (Å²) in [6.07, 6.45) is 1.96. The van der Waals surface area contributed by atoms with Gasteiger partial charge in [0.25, 0.3) is 0 Å². The molecule has 2 aromatic rings. The van der Waals surface area contributed by atoms with Crippen LogP contribution in [0.3, 0.4) is 0 Å². The quantitative estimate of drug-likeness (QED) is 0.805. The van der Waals surface area contributed by atoms with Gasteiger partial charge < -0.3 is 10.1 Å². The van der Waals surface area contributed by atoms with Gasteiger partial charge in [0, 0.05) is 11.1 Å². The maximum absolute atomic E-state index is 5.93. The van der Waals surface area contributed by atoms with Crippen LogP contribution in [-0.2, 0) is 6.42 Å². The lowest BCUT2D eigenvalue weighted by Crippen LogP contribution is -2.18. The first-order valence-corrected chi connectivity index (χ1v) is 7.75. The van der Waals surface area contributed by atoms with E-state index in [1.165, 1.54) is 11.1 Å². The molecule has 0 spiro atoms. The monoisotopic (exact) mass is 303 g/mol. The fraction of sp³-hybridized carbons (Fsp3) is 0.333. The second-order valence-corrected chi connectivity index (χ2v) is 5.53. The predicted octanol–water partition coefficient (Wildman–Crippen LogP) is 4.63. The minimum Gasteiger partial charge on any atom is -0.494 e. The summed E-state index contributed by atoms with van der Waals surface area (Å²) < 4.78 is 5.62. The third kappa shape index (κ3) is 4.76. The Morgan fingerprint density at radius 2 is 1.71 bits per heavy atom. The van der Waals surface area contributed by atoms with Gasteiger partial charge in [-0.05, 0) is 55.3 Å². The zero-order valence-corrected chi connectivity index (χ0v) is 13.4. The molecule has 0 saturated heterocycles. The SMILES string of the molecule is CCCOc1ccc(C(Cc2ccc(Cl)cc2)NC)cc1. The zero-order valence-electron chi connectivity index (χ0n) is 12.6. The Hall–Kier alpha value is -1.51. The molecule has 1 atom stereocenters. The summed E-state index contributed by atoms with van der Waals surface area (Å²) in [6.45, 7) is 2.87. The Bertz CT molecular complexity index is 536. The number of likely N-dealkylation sites (N-methyl/N-ethyl adjacent to an activating group) is 1. The first-order valence-electron chi connectivity index (χ1n) is 7.37. The molecule has 0 amide bonds. The van der Waals surface area contributed by atoms with Crippen LogP contribution in [0.5, 0.6) is 5.75 Å². The van der Waals surface area contributed by atoms with Gasteiger partial charge in [-0.3, -0.25) is 0 Å². The van der Waals surface area contributed by atoms with Crippen molar-refractivity contribution in [3.05, 3.63) is 64.7 Å². The van der Waals surface area contributed by atoms with Crippen LogP contribution in [-0.4, -0.2) is 13.7 Å². The summed E-state index contributed by atoms with van der Waals surface area (Å²) >= 11 is 5.93. The van der Waals surface area contributed by atoms with Crippen LogP contribution >= 0.6 is 11.6 Å². The normalized spacial score (nSPS) is 12.1. The van der Waals surface area contributed by atoms with E-state index in [0.717, 1.165) is 30.2 Å². The van der Waals surface area contributed by atoms with Gasteiger partial charge >= 0.3 is 0 Å². The van der Waals surface area contributed by atoms with Crippen LogP contribution in [0.2, 0.25) is 5.02 Å². The Morgan fingerprint density at radius 3 is 2.29 bits per heavy atom. The molecule has 1 unspecified atom stereocenters. The van der Waals surface area contributed by atoms with Crippen molar-refractivity contribution in [2.45, 2.75) is 25.8 Å². The first-order chi connectivity index (χ1) is 10.2. The van der Waals surface area contributed by atoms with Gasteiger partial charge in [0.05, 0.1) is 6.61 Å². The molecule has 0 radical (unpaired) electrons. The molecule has 112 valence electrons. The van der Waals surface area contributed by atoms with Crippen molar-refractivity contribution in [1.29, 1.82) is 0 Å². The highest BCUT2D eigenvalue weighted by atomic mass is 35.5. The Morgan fingerprint density at radius 1 is 1.05 bits per heavy atom. The summed E-state index contributed by atoms with van der Waals surface area (Å²) in [5.41, 5.74) is 2.53. The number of benzene rings is 2. The Labute approximate surface area is 132 Å². The predicted molar refractivity (Wildman–Crippen MR) is 89.2 cm³/mol. The average molecular weight is 304 g/mol. The summed E-state index contributed by atoms with van der Waals surface area (Å²) in [6, 6.07) is 16.6. The molecule has 0 fully saturated rings. The van der Waals surface area contributed by atoms with Crippen LogP contribution in [0.25, 0.3) is 0 Å². The molecule has 0 heterocycles. The summed E-state index contributed by atoms with van der Waals surface area (Å²) in [5, 5.41) is 4.15. The molecule has 21 heavy (non-hydrogen) atoms. The third-order valence-corrected chi connectivity index (χ3v) is 3.71.